The van der Waals surface area contributed by atoms with Crippen LogP contribution in [0.4, 0.5) is 21.9 Å². The number of nitrogens with zero attached hydrogens (tertiary/aromatic N) is 1. The van der Waals surface area contributed by atoms with E-state index in [-0.39, 0.29) is 6.03 Å². The van der Waals surface area contributed by atoms with E-state index in [4.69, 9.17) is 10.5 Å². The van der Waals surface area contributed by atoms with Gasteiger partial charge in [-0.25, -0.2) is 9.59 Å². The third-order valence-electron chi connectivity index (χ3n) is 5.17. The Morgan fingerprint density at radius 1 is 1.06 bits per heavy atom. The number of ether oxygens (including phenoxy) is 1. The maximum atomic E-state index is 12.4. The van der Waals surface area contributed by atoms with Crippen LogP contribution in [-0.4, -0.2) is 22.6 Å². The van der Waals surface area contributed by atoms with Crippen LogP contribution in [0, 0.1) is 6.92 Å². The lowest BCUT2D eigenvalue weighted by Gasteiger charge is -2.17. The van der Waals surface area contributed by atoms with Crippen molar-refractivity contribution in [2.45, 2.75) is 33.3 Å². The fraction of sp³-hybridized carbons (Fsp3) is 0.179. The van der Waals surface area contributed by atoms with Crippen LogP contribution in [0.25, 0.3) is 27.3 Å². The first-order valence-corrected chi connectivity index (χ1v) is 12.3. The number of aryl methyl sites for hydroxylation is 1. The van der Waals surface area contributed by atoms with E-state index in [9.17, 15) is 9.59 Å². The van der Waals surface area contributed by atoms with E-state index in [1.54, 1.807) is 12.3 Å². The highest BCUT2D eigenvalue weighted by molar-refractivity contribution is 7.18. The molecule has 7 nitrogen and oxygen atoms in total. The predicted molar refractivity (Wildman–Crippen MR) is 148 cm³/mol. The number of rotatable bonds is 5. The number of aromatic nitrogens is 1. The molecule has 2 heterocycles. The zero-order valence-corrected chi connectivity index (χ0v) is 21.4. The van der Waals surface area contributed by atoms with E-state index in [1.807, 2.05) is 81.6 Å². The molecule has 0 aliphatic rings. The average molecular weight is 501 g/mol. The summed E-state index contributed by atoms with van der Waals surface area (Å²) in [7, 11) is 0. The Hall–Kier alpha value is -4.17. The van der Waals surface area contributed by atoms with Crippen molar-refractivity contribution in [3.8, 4) is 11.1 Å². The molecular formula is C28H28N4O3S. The molecule has 0 fully saturated rings. The zero-order valence-electron chi connectivity index (χ0n) is 20.6. The molecular weight excluding hydrogens is 472 g/mol. The Morgan fingerprint density at radius 3 is 2.47 bits per heavy atom. The number of urea groups is 1. The highest BCUT2D eigenvalue weighted by Gasteiger charge is 2.16. The largest absolute Gasteiger partial charge is 0.457 e. The lowest BCUT2D eigenvalue weighted by Crippen LogP contribution is -2.22. The Morgan fingerprint density at radius 2 is 1.78 bits per heavy atom. The van der Waals surface area contributed by atoms with Crippen LogP contribution in [0.3, 0.4) is 0 Å². The van der Waals surface area contributed by atoms with Gasteiger partial charge in [0, 0.05) is 28.4 Å². The van der Waals surface area contributed by atoms with E-state index in [2.05, 4.69) is 15.6 Å². The third kappa shape index (κ3) is 6.09. The van der Waals surface area contributed by atoms with Gasteiger partial charge in [-0.3, -0.25) is 4.98 Å². The lowest BCUT2D eigenvalue weighted by atomic mass is 10.0. The second-order valence-corrected chi connectivity index (χ2v) is 10.2. The number of hydrogen-bond acceptors (Lipinski definition) is 6. The molecule has 0 bridgehead atoms. The maximum absolute atomic E-state index is 12.4. The minimum absolute atomic E-state index is 0.314. The third-order valence-corrected chi connectivity index (χ3v) is 6.17. The second-order valence-electron chi connectivity index (χ2n) is 9.35. The van der Waals surface area contributed by atoms with Crippen molar-refractivity contribution in [3.05, 3.63) is 77.4 Å². The van der Waals surface area contributed by atoms with Gasteiger partial charge < -0.3 is 21.1 Å². The number of amides is 2. The molecule has 2 aromatic heterocycles. The monoisotopic (exact) mass is 500 g/mol. The van der Waals surface area contributed by atoms with Gasteiger partial charge in [0.1, 0.15) is 5.60 Å². The molecule has 4 aromatic rings. The quantitative estimate of drug-likeness (QED) is 0.205. The van der Waals surface area contributed by atoms with Crippen molar-refractivity contribution in [1.82, 2.24) is 4.98 Å². The molecule has 0 saturated heterocycles. The summed E-state index contributed by atoms with van der Waals surface area (Å²) in [6, 6.07) is 14.8. The van der Waals surface area contributed by atoms with E-state index in [0.29, 0.717) is 17.1 Å². The van der Waals surface area contributed by atoms with E-state index < -0.39 is 11.6 Å². The Bertz CT molecular complexity index is 1450. The van der Waals surface area contributed by atoms with Gasteiger partial charge in [0.05, 0.1) is 22.3 Å². The van der Waals surface area contributed by atoms with Crippen molar-refractivity contribution < 1.29 is 14.3 Å². The summed E-state index contributed by atoms with van der Waals surface area (Å²) >= 11 is 1.51. The molecule has 184 valence electrons. The number of hydrogen-bond donors (Lipinski definition) is 3. The van der Waals surface area contributed by atoms with Crippen LogP contribution in [-0.2, 0) is 9.53 Å². The van der Waals surface area contributed by atoms with Gasteiger partial charge in [-0.05, 0) is 74.5 Å². The van der Waals surface area contributed by atoms with Crippen molar-refractivity contribution in [1.29, 1.82) is 0 Å². The van der Waals surface area contributed by atoms with Gasteiger partial charge in [0.15, 0.2) is 0 Å². The number of nitrogens with one attached hydrogen (secondary N) is 2. The summed E-state index contributed by atoms with van der Waals surface area (Å²) in [5.74, 6) is -0.430. The summed E-state index contributed by atoms with van der Waals surface area (Å²) in [6.07, 6.45) is 4.62. The Labute approximate surface area is 214 Å². The molecule has 0 spiro atoms. The van der Waals surface area contributed by atoms with Crippen LogP contribution in [0.1, 0.15) is 32.0 Å². The van der Waals surface area contributed by atoms with Gasteiger partial charge in [-0.1, -0.05) is 24.3 Å². The molecule has 2 amide bonds. The summed E-state index contributed by atoms with van der Waals surface area (Å²) in [6.45, 7) is 7.43. The first-order valence-electron chi connectivity index (χ1n) is 11.4. The highest BCUT2D eigenvalue weighted by atomic mass is 32.1. The summed E-state index contributed by atoms with van der Waals surface area (Å²) < 4.78 is 6.22. The molecule has 4 N–H and O–H groups in total. The number of esters is 1. The van der Waals surface area contributed by atoms with E-state index >= 15 is 0 Å². The predicted octanol–water partition coefficient (Wildman–Crippen LogP) is 6.85. The number of nitrogens with two attached hydrogens (primary N) is 1. The van der Waals surface area contributed by atoms with Gasteiger partial charge in [-0.2, -0.15) is 0 Å². The fourth-order valence-electron chi connectivity index (χ4n) is 3.66. The number of anilines is 3. The van der Waals surface area contributed by atoms with Crippen LogP contribution in [0.2, 0.25) is 0 Å². The van der Waals surface area contributed by atoms with Gasteiger partial charge in [-0.15, -0.1) is 11.3 Å². The van der Waals surface area contributed by atoms with Crippen LogP contribution in [0.5, 0.6) is 0 Å². The van der Waals surface area contributed by atoms with Crippen molar-refractivity contribution in [2.24, 2.45) is 0 Å². The molecule has 0 atom stereocenters. The number of nitrogen functional groups attached to an aromatic ring is 1. The fourth-order valence-corrected chi connectivity index (χ4v) is 4.74. The van der Waals surface area contributed by atoms with E-state index in [1.165, 1.54) is 17.4 Å². The van der Waals surface area contributed by atoms with Crippen LogP contribution in [0.15, 0.2) is 66.2 Å². The molecule has 4 rings (SSSR count). The van der Waals surface area contributed by atoms with E-state index in [0.717, 1.165) is 32.5 Å². The number of pyridine rings is 1. The molecule has 0 unspecified atom stereocenters. The summed E-state index contributed by atoms with van der Waals surface area (Å²) in [5.41, 5.74) is 11.3. The van der Waals surface area contributed by atoms with Crippen LogP contribution >= 0.6 is 11.3 Å². The zero-order chi connectivity index (χ0) is 25.9. The Kier molecular flexibility index (Phi) is 7.07. The minimum atomic E-state index is -0.566. The number of benzene rings is 2. The lowest BCUT2D eigenvalue weighted by molar-refractivity contribution is -0.148. The molecule has 8 heteroatoms. The van der Waals surface area contributed by atoms with Gasteiger partial charge in [0.2, 0.25) is 0 Å². The first kappa shape index (κ1) is 24.9. The standard InChI is InChI=1S/C28H28N4O3S/c1-17-6-5-7-20(14-17)32-27(34)31-19-10-8-18(9-11-19)21-16-36-26-23(30-15-22(29)25(21)26)12-13-24(33)35-28(2,3)4/h5-16H,29H2,1-4H3,(H2,31,32,34)/b13-12+. The molecule has 2 aromatic carbocycles. The summed E-state index contributed by atoms with van der Waals surface area (Å²) in [5, 5.41) is 8.57. The molecule has 0 saturated carbocycles. The maximum Gasteiger partial charge on any atom is 0.331 e. The second kappa shape index (κ2) is 10.2. The van der Waals surface area contributed by atoms with Crippen molar-refractivity contribution in [3.63, 3.8) is 0 Å². The Balaban J connectivity index is 1.53. The number of thiophene rings is 1. The van der Waals surface area contributed by atoms with Crippen molar-refractivity contribution >= 4 is 56.6 Å². The molecule has 36 heavy (non-hydrogen) atoms. The van der Waals surface area contributed by atoms with Gasteiger partial charge in [0.25, 0.3) is 0 Å². The molecule has 0 aliphatic carbocycles. The normalized spacial score (nSPS) is 11.6. The molecule has 0 radical (unpaired) electrons. The number of carbonyl (C=O) groups is 2. The summed E-state index contributed by atoms with van der Waals surface area (Å²) in [4.78, 5) is 28.9. The minimum Gasteiger partial charge on any atom is -0.457 e. The van der Waals surface area contributed by atoms with Crippen LogP contribution < -0.4 is 16.4 Å². The smallest absolute Gasteiger partial charge is 0.331 e. The van der Waals surface area contributed by atoms with Gasteiger partial charge >= 0.3 is 12.0 Å². The number of carbonyl (C=O) groups excluding carboxylic acids is 2. The highest BCUT2D eigenvalue weighted by Crippen LogP contribution is 2.39. The number of fused-ring (bicyclic) bond motifs is 1. The SMILES string of the molecule is Cc1cccc(NC(=O)Nc2ccc(-c3csc4c(/C=C/C(=O)OC(C)(C)C)ncc(N)c34)cc2)c1. The molecule has 0 aliphatic heterocycles. The topological polar surface area (TPSA) is 106 Å². The average Bonchev–Trinajstić information content (AvgIpc) is 3.24. The van der Waals surface area contributed by atoms with Crippen molar-refractivity contribution in [2.75, 3.05) is 16.4 Å². The first-order chi connectivity index (χ1) is 17.1.